The van der Waals surface area contributed by atoms with Gasteiger partial charge >= 0.3 is 0 Å². The molecular weight excluding hydrogens is 426 g/mol. The third-order valence-electron chi connectivity index (χ3n) is 5.09. The minimum atomic E-state index is -0.155. The molecule has 7 heteroatoms. The standard InChI is InChI=1S/C25H18ClN3O3/c1-2-31-19-12-10-16(11-13-19)23-27-24(32-28-23)22-15-29(18-7-5-6-17(26)14-18)25(30)21-9-4-3-8-20(21)22/h3-15H,2H2,1H3. The molecule has 32 heavy (non-hydrogen) atoms. The Morgan fingerprint density at radius 3 is 2.53 bits per heavy atom. The summed E-state index contributed by atoms with van der Waals surface area (Å²) >= 11 is 6.16. The van der Waals surface area contributed by atoms with Gasteiger partial charge in [0.1, 0.15) is 5.75 Å². The van der Waals surface area contributed by atoms with Crippen molar-refractivity contribution in [2.75, 3.05) is 6.61 Å². The van der Waals surface area contributed by atoms with E-state index in [1.54, 1.807) is 35.0 Å². The Balaban J connectivity index is 1.65. The molecule has 5 aromatic rings. The zero-order chi connectivity index (χ0) is 22.1. The maximum absolute atomic E-state index is 13.2. The molecule has 0 spiro atoms. The summed E-state index contributed by atoms with van der Waals surface area (Å²) < 4.78 is 12.6. The van der Waals surface area contributed by atoms with Crippen molar-refractivity contribution in [1.82, 2.24) is 14.7 Å². The van der Waals surface area contributed by atoms with Gasteiger partial charge in [0.2, 0.25) is 5.82 Å². The molecule has 0 saturated heterocycles. The molecule has 0 aliphatic rings. The lowest BCUT2D eigenvalue weighted by atomic mass is 10.1. The zero-order valence-corrected chi connectivity index (χ0v) is 17.9. The van der Waals surface area contributed by atoms with E-state index in [9.17, 15) is 4.79 Å². The van der Waals surface area contributed by atoms with Crippen LogP contribution < -0.4 is 10.3 Å². The van der Waals surface area contributed by atoms with Crippen molar-refractivity contribution in [2.24, 2.45) is 0 Å². The third kappa shape index (κ3) is 3.65. The fourth-order valence-electron chi connectivity index (χ4n) is 3.60. The maximum Gasteiger partial charge on any atom is 0.262 e. The Morgan fingerprint density at radius 2 is 1.78 bits per heavy atom. The van der Waals surface area contributed by atoms with Crippen molar-refractivity contribution < 1.29 is 9.26 Å². The number of fused-ring (bicyclic) bond motifs is 1. The van der Waals surface area contributed by atoms with Crippen LogP contribution in [0.2, 0.25) is 5.02 Å². The summed E-state index contributed by atoms with van der Waals surface area (Å²) in [6, 6.07) is 22.0. The second-order valence-electron chi connectivity index (χ2n) is 7.12. The number of benzene rings is 3. The van der Waals surface area contributed by atoms with Crippen molar-refractivity contribution in [1.29, 1.82) is 0 Å². The molecule has 0 amide bonds. The van der Waals surface area contributed by atoms with Gasteiger partial charge in [0.25, 0.3) is 11.4 Å². The average Bonchev–Trinajstić information content (AvgIpc) is 3.30. The number of halogens is 1. The highest BCUT2D eigenvalue weighted by atomic mass is 35.5. The highest BCUT2D eigenvalue weighted by molar-refractivity contribution is 6.30. The first-order valence-electron chi connectivity index (χ1n) is 10.1. The van der Waals surface area contributed by atoms with Gasteiger partial charge in [-0.25, -0.2) is 0 Å². The van der Waals surface area contributed by atoms with E-state index in [1.165, 1.54) is 0 Å². The first-order valence-corrected chi connectivity index (χ1v) is 10.5. The van der Waals surface area contributed by atoms with Crippen molar-refractivity contribution in [3.63, 3.8) is 0 Å². The van der Waals surface area contributed by atoms with Gasteiger partial charge in [-0.15, -0.1) is 0 Å². The fraction of sp³-hybridized carbons (Fsp3) is 0.0800. The van der Waals surface area contributed by atoms with Gasteiger partial charge < -0.3 is 9.26 Å². The molecule has 0 N–H and O–H groups in total. The Kier molecular flexibility index (Phi) is 5.21. The van der Waals surface area contributed by atoms with Crippen LogP contribution >= 0.6 is 11.6 Å². The van der Waals surface area contributed by atoms with Crippen molar-refractivity contribution >= 4 is 22.4 Å². The van der Waals surface area contributed by atoms with Gasteiger partial charge in [-0.2, -0.15) is 4.98 Å². The molecule has 0 unspecified atom stereocenters. The summed E-state index contributed by atoms with van der Waals surface area (Å²) in [6.07, 6.45) is 1.71. The largest absolute Gasteiger partial charge is 0.494 e. The molecule has 0 aliphatic heterocycles. The third-order valence-corrected chi connectivity index (χ3v) is 5.33. The molecular formula is C25H18ClN3O3. The van der Waals surface area contributed by atoms with Gasteiger partial charge in [-0.1, -0.05) is 41.0 Å². The quantitative estimate of drug-likeness (QED) is 0.345. The highest BCUT2D eigenvalue weighted by Crippen LogP contribution is 2.29. The summed E-state index contributed by atoms with van der Waals surface area (Å²) in [5.41, 5.74) is 1.96. The molecule has 6 nitrogen and oxygen atoms in total. The summed E-state index contributed by atoms with van der Waals surface area (Å²) in [5.74, 6) is 1.55. The molecule has 0 atom stereocenters. The normalized spacial score (nSPS) is 11.1. The Bertz CT molecular complexity index is 1470. The molecule has 5 rings (SSSR count). The summed E-state index contributed by atoms with van der Waals surface area (Å²) in [6.45, 7) is 2.54. The molecule has 0 aliphatic carbocycles. The minimum absolute atomic E-state index is 0.155. The first-order chi connectivity index (χ1) is 15.6. The molecule has 0 radical (unpaired) electrons. The zero-order valence-electron chi connectivity index (χ0n) is 17.2. The number of ether oxygens (including phenoxy) is 1. The lowest BCUT2D eigenvalue weighted by Gasteiger charge is -2.10. The van der Waals surface area contributed by atoms with Crippen molar-refractivity contribution in [3.05, 3.63) is 94.4 Å². The Hall–Kier alpha value is -3.90. The van der Waals surface area contributed by atoms with E-state index in [1.807, 2.05) is 55.5 Å². The van der Waals surface area contributed by atoms with E-state index in [0.29, 0.717) is 40.0 Å². The van der Waals surface area contributed by atoms with Crippen LogP contribution in [0.3, 0.4) is 0 Å². The number of pyridine rings is 1. The maximum atomic E-state index is 13.2. The smallest absolute Gasteiger partial charge is 0.262 e. The lowest BCUT2D eigenvalue weighted by Crippen LogP contribution is -2.18. The second kappa shape index (κ2) is 8.32. The van der Waals surface area contributed by atoms with Gasteiger partial charge in [0, 0.05) is 27.6 Å². The molecule has 0 fully saturated rings. The number of rotatable bonds is 5. The molecule has 3 aromatic carbocycles. The Morgan fingerprint density at radius 1 is 1.00 bits per heavy atom. The number of aromatic nitrogens is 3. The summed E-state index contributed by atoms with van der Waals surface area (Å²) in [7, 11) is 0. The van der Waals surface area contributed by atoms with Crippen LogP contribution in [-0.2, 0) is 0 Å². The average molecular weight is 444 g/mol. The predicted molar refractivity (Wildman–Crippen MR) is 124 cm³/mol. The van der Waals surface area contributed by atoms with Crippen LogP contribution in [-0.4, -0.2) is 21.3 Å². The predicted octanol–water partition coefficient (Wildman–Crippen LogP) is 5.76. The molecule has 2 heterocycles. The van der Waals surface area contributed by atoms with Crippen LogP contribution in [0.25, 0.3) is 39.3 Å². The van der Waals surface area contributed by atoms with E-state index >= 15 is 0 Å². The molecule has 2 aromatic heterocycles. The van der Waals surface area contributed by atoms with Gasteiger partial charge in [0.15, 0.2) is 0 Å². The SMILES string of the molecule is CCOc1ccc(-c2noc(-c3cn(-c4cccc(Cl)c4)c(=O)c4ccccc34)n2)cc1. The molecule has 0 saturated carbocycles. The lowest BCUT2D eigenvalue weighted by molar-refractivity contribution is 0.340. The monoisotopic (exact) mass is 443 g/mol. The van der Waals surface area contributed by atoms with Crippen molar-refractivity contribution in [3.8, 4) is 34.3 Å². The van der Waals surface area contributed by atoms with Crippen LogP contribution in [0, 0.1) is 0 Å². The van der Waals surface area contributed by atoms with E-state index in [2.05, 4.69) is 10.1 Å². The van der Waals surface area contributed by atoms with Crippen molar-refractivity contribution in [2.45, 2.75) is 6.92 Å². The second-order valence-corrected chi connectivity index (χ2v) is 7.56. The minimum Gasteiger partial charge on any atom is -0.494 e. The summed E-state index contributed by atoms with van der Waals surface area (Å²) in [4.78, 5) is 17.8. The molecule has 158 valence electrons. The highest BCUT2D eigenvalue weighted by Gasteiger charge is 2.17. The van der Waals surface area contributed by atoms with E-state index in [-0.39, 0.29) is 5.56 Å². The topological polar surface area (TPSA) is 70.2 Å². The Labute approximate surface area is 188 Å². The van der Waals surface area contributed by atoms with E-state index in [0.717, 1.165) is 16.7 Å². The first kappa shape index (κ1) is 20.0. The van der Waals surface area contributed by atoms with Crippen LogP contribution in [0.5, 0.6) is 5.75 Å². The van der Waals surface area contributed by atoms with Gasteiger partial charge in [-0.3, -0.25) is 9.36 Å². The summed E-state index contributed by atoms with van der Waals surface area (Å²) in [5, 5.41) is 5.97. The molecule has 0 bridgehead atoms. The van der Waals surface area contributed by atoms with Gasteiger partial charge in [0.05, 0.1) is 17.9 Å². The van der Waals surface area contributed by atoms with Gasteiger partial charge in [-0.05, 0) is 55.5 Å². The van der Waals surface area contributed by atoms with Crippen LogP contribution in [0.4, 0.5) is 0 Å². The van der Waals surface area contributed by atoms with Crippen LogP contribution in [0.1, 0.15) is 6.92 Å². The fourth-order valence-corrected chi connectivity index (χ4v) is 3.78. The number of hydrogen-bond acceptors (Lipinski definition) is 5. The van der Waals surface area contributed by atoms with E-state index < -0.39 is 0 Å². The number of hydrogen-bond donors (Lipinski definition) is 0. The number of nitrogens with zero attached hydrogens (tertiary/aromatic N) is 3. The van der Waals surface area contributed by atoms with Crippen LogP contribution in [0.15, 0.2) is 88.3 Å². The van der Waals surface area contributed by atoms with E-state index in [4.69, 9.17) is 20.9 Å².